The van der Waals surface area contributed by atoms with Gasteiger partial charge in [0.25, 0.3) is 0 Å². The minimum Gasteiger partial charge on any atom is -0.450 e. The van der Waals surface area contributed by atoms with E-state index in [-0.39, 0.29) is 17.3 Å². The van der Waals surface area contributed by atoms with Crippen LogP contribution in [0.1, 0.15) is 62.6 Å². The predicted molar refractivity (Wildman–Crippen MR) is 93.1 cm³/mol. The molecular weight excluding hydrogens is 318 g/mol. The minimum atomic E-state index is -0.886. The quantitative estimate of drug-likeness (QED) is 0.620. The van der Waals surface area contributed by atoms with E-state index in [2.05, 4.69) is 0 Å². The van der Waals surface area contributed by atoms with Crippen molar-refractivity contribution in [3.05, 3.63) is 58.4 Å². The number of nitrogens with zero attached hydrogens (tertiary/aromatic N) is 1. The fourth-order valence-electron chi connectivity index (χ4n) is 3.19. The summed E-state index contributed by atoms with van der Waals surface area (Å²) in [5, 5.41) is 0. The first-order chi connectivity index (χ1) is 11.9. The Morgan fingerprint density at radius 2 is 1.80 bits per heavy atom. The summed E-state index contributed by atoms with van der Waals surface area (Å²) < 4.78 is 6.86. The average molecular weight is 339 g/mol. The molecular formula is C20H21NO4. The Morgan fingerprint density at radius 1 is 1.08 bits per heavy atom. The van der Waals surface area contributed by atoms with Crippen LogP contribution in [0.3, 0.4) is 0 Å². The number of benzene rings is 1. The van der Waals surface area contributed by atoms with E-state index in [1.54, 1.807) is 26.2 Å². The molecule has 1 aliphatic rings. The summed E-state index contributed by atoms with van der Waals surface area (Å²) in [6.45, 7) is 3.01. The number of hydrogen-bond donors (Lipinski definition) is 0. The molecule has 0 bridgehead atoms. The molecule has 130 valence electrons. The summed E-state index contributed by atoms with van der Waals surface area (Å²) >= 11 is 0. The highest BCUT2D eigenvalue weighted by Gasteiger charge is 2.24. The van der Waals surface area contributed by atoms with Crippen molar-refractivity contribution in [2.75, 3.05) is 0 Å². The summed E-state index contributed by atoms with van der Waals surface area (Å²) in [4.78, 5) is 36.3. The van der Waals surface area contributed by atoms with Crippen LogP contribution in [0.5, 0.6) is 0 Å². The molecule has 5 nitrogen and oxygen atoms in total. The summed E-state index contributed by atoms with van der Waals surface area (Å²) in [6, 6.07) is 7.18. The number of ketones is 2. The normalized spacial score (nSPS) is 14.0. The topological polar surface area (TPSA) is 65.4 Å². The molecule has 1 heterocycles. The number of Topliss-reactive ketones (excluding diaryl/α,β-unsaturated/α-hetero) is 2. The fraction of sp³-hybridized carbons (Fsp3) is 0.350. The number of esters is 1. The highest BCUT2D eigenvalue weighted by atomic mass is 16.5. The number of hydrogen-bond acceptors (Lipinski definition) is 4. The van der Waals surface area contributed by atoms with Gasteiger partial charge in [0.1, 0.15) is 5.69 Å². The Kier molecular flexibility index (Phi) is 4.57. The first kappa shape index (κ1) is 17.1. The maximum Gasteiger partial charge on any atom is 0.355 e. The summed E-state index contributed by atoms with van der Waals surface area (Å²) in [6.07, 6.45) is 3.85. The number of aromatic nitrogens is 1. The summed E-state index contributed by atoms with van der Waals surface area (Å²) in [5.74, 6) is -0.960. The number of aryl methyl sites for hydroxylation is 3. The SMILES string of the molecule is CC(=O)c1cc(C(=O)O[C@H](C)C(=O)c2ccc3c(c2)CCC3)n(C)c1. The van der Waals surface area contributed by atoms with Crippen LogP contribution in [0.15, 0.2) is 30.5 Å². The van der Waals surface area contributed by atoms with Crippen molar-refractivity contribution in [3.8, 4) is 0 Å². The molecule has 0 aliphatic heterocycles. The van der Waals surface area contributed by atoms with Gasteiger partial charge < -0.3 is 9.30 Å². The largest absolute Gasteiger partial charge is 0.450 e. The van der Waals surface area contributed by atoms with Gasteiger partial charge in [0.05, 0.1) is 0 Å². The second-order valence-electron chi connectivity index (χ2n) is 6.53. The summed E-state index contributed by atoms with van der Waals surface area (Å²) in [5.41, 5.74) is 3.75. The molecule has 1 aliphatic carbocycles. The van der Waals surface area contributed by atoms with E-state index in [1.807, 2.05) is 12.1 Å². The number of carbonyl (C=O) groups is 3. The monoisotopic (exact) mass is 339 g/mol. The zero-order chi connectivity index (χ0) is 18.1. The molecule has 0 unspecified atom stereocenters. The third-order valence-corrected chi connectivity index (χ3v) is 4.66. The fourth-order valence-corrected chi connectivity index (χ4v) is 3.19. The van der Waals surface area contributed by atoms with Gasteiger partial charge in [-0.05, 0) is 56.4 Å². The maximum atomic E-state index is 12.6. The molecule has 0 amide bonds. The van der Waals surface area contributed by atoms with Crippen LogP contribution in [0, 0.1) is 0 Å². The zero-order valence-corrected chi connectivity index (χ0v) is 14.7. The van der Waals surface area contributed by atoms with Crippen LogP contribution < -0.4 is 0 Å². The number of carbonyl (C=O) groups excluding carboxylic acids is 3. The molecule has 1 aromatic heterocycles. The van der Waals surface area contributed by atoms with Crippen molar-refractivity contribution in [1.29, 1.82) is 0 Å². The Morgan fingerprint density at radius 3 is 2.48 bits per heavy atom. The van der Waals surface area contributed by atoms with Gasteiger partial charge in [-0.1, -0.05) is 12.1 Å². The highest BCUT2D eigenvalue weighted by molar-refractivity contribution is 6.02. The zero-order valence-electron chi connectivity index (χ0n) is 14.7. The van der Waals surface area contributed by atoms with Crippen molar-refractivity contribution in [2.24, 2.45) is 7.05 Å². The molecule has 0 saturated carbocycles. The standard InChI is InChI=1S/C20H21NO4/c1-12(22)17-10-18(21(3)11-17)20(24)25-13(2)19(23)16-8-7-14-5-4-6-15(14)9-16/h7-11,13H,4-6H2,1-3H3/t13-/m1/s1. The van der Waals surface area contributed by atoms with E-state index in [1.165, 1.54) is 28.7 Å². The van der Waals surface area contributed by atoms with E-state index in [9.17, 15) is 14.4 Å². The molecule has 25 heavy (non-hydrogen) atoms. The van der Waals surface area contributed by atoms with Gasteiger partial charge in [-0.25, -0.2) is 4.79 Å². The Labute approximate surface area is 146 Å². The molecule has 0 radical (unpaired) electrons. The minimum absolute atomic E-state index is 0.128. The van der Waals surface area contributed by atoms with Crippen molar-refractivity contribution in [1.82, 2.24) is 4.57 Å². The molecule has 3 rings (SSSR count). The van der Waals surface area contributed by atoms with Gasteiger partial charge in [-0.2, -0.15) is 0 Å². The molecule has 0 spiro atoms. The first-order valence-corrected chi connectivity index (χ1v) is 8.41. The second kappa shape index (κ2) is 6.67. The average Bonchev–Trinajstić information content (AvgIpc) is 3.19. The Hall–Kier alpha value is -2.69. The van der Waals surface area contributed by atoms with Crippen LogP contribution in [-0.4, -0.2) is 28.2 Å². The molecule has 1 aromatic carbocycles. The van der Waals surface area contributed by atoms with Gasteiger partial charge in [-0.15, -0.1) is 0 Å². The van der Waals surface area contributed by atoms with Gasteiger partial charge in [0.15, 0.2) is 11.9 Å². The van der Waals surface area contributed by atoms with Crippen LogP contribution in [0.25, 0.3) is 0 Å². The summed E-state index contributed by atoms with van der Waals surface area (Å²) in [7, 11) is 1.66. The lowest BCUT2D eigenvalue weighted by atomic mass is 10.0. The van der Waals surface area contributed by atoms with Gasteiger partial charge >= 0.3 is 5.97 Å². The predicted octanol–water partition coefficient (Wildman–Crippen LogP) is 3.14. The molecule has 0 fully saturated rings. The third-order valence-electron chi connectivity index (χ3n) is 4.66. The molecule has 2 aromatic rings. The van der Waals surface area contributed by atoms with E-state index in [0.29, 0.717) is 11.1 Å². The van der Waals surface area contributed by atoms with E-state index in [0.717, 1.165) is 19.3 Å². The molecule has 0 saturated heterocycles. The lowest BCUT2D eigenvalue weighted by molar-refractivity contribution is 0.0309. The second-order valence-corrected chi connectivity index (χ2v) is 6.53. The van der Waals surface area contributed by atoms with Crippen molar-refractivity contribution in [2.45, 2.75) is 39.2 Å². The Bertz CT molecular complexity index is 863. The molecule has 5 heteroatoms. The van der Waals surface area contributed by atoms with Crippen LogP contribution in [-0.2, 0) is 24.6 Å². The van der Waals surface area contributed by atoms with Crippen LogP contribution >= 0.6 is 0 Å². The number of fused-ring (bicyclic) bond motifs is 1. The van der Waals surface area contributed by atoms with E-state index in [4.69, 9.17) is 4.74 Å². The van der Waals surface area contributed by atoms with Gasteiger partial charge in [0.2, 0.25) is 5.78 Å². The van der Waals surface area contributed by atoms with Crippen molar-refractivity contribution >= 4 is 17.5 Å². The van der Waals surface area contributed by atoms with E-state index < -0.39 is 12.1 Å². The lowest BCUT2D eigenvalue weighted by Crippen LogP contribution is -2.25. The van der Waals surface area contributed by atoms with Crippen molar-refractivity contribution in [3.63, 3.8) is 0 Å². The number of rotatable bonds is 5. The third kappa shape index (κ3) is 3.40. The van der Waals surface area contributed by atoms with Gasteiger partial charge in [-0.3, -0.25) is 9.59 Å². The molecule has 1 atom stereocenters. The Balaban J connectivity index is 1.73. The smallest absolute Gasteiger partial charge is 0.355 e. The maximum absolute atomic E-state index is 12.6. The highest BCUT2D eigenvalue weighted by Crippen LogP contribution is 2.23. The molecule has 0 N–H and O–H groups in total. The first-order valence-electron chi connectivity index (χ1n) is 8.41. The lowest BCUT2D eigenvalue weighted by Gasteiger charge is -2.13. The van der Waals surface area contributed by atoms with Crippen molar-refractivity contribution < 1.29 is 19.1 Å². The van der Waals surface area contributed by atoms with Crippen LogP contribution in [0.4, 0.5) is 0 Å². The van der Waals surface area contributed by atoms with Crippen LogP contribution in [0.2, 0.25) is 0 Å². The van der Waals surface area contributed by atoms with Gasteiger partial charge in [0, 0.05) is 24.4 Å². The van der Waals surface area contributed by atoms with E-state index >= 15 is 0 Å². The number of ether oxygens (including phenoxy) is 1.